The van der Waals surface area contributed by atoms with Crippen molar-refractivity contribution in [2.75, 3.05) is 72.3 Å². The van der Waals surface area contributed by atoms with Crippen molar-refractivity contribution in [3.8, 4) is 17.2 Å². The summed E-state index contributed by atoms with van der Waals surface area (Å²) in [5, 5.41) is 9.16. The lowest BCUT2D eigenvalue weighted by Gasteiger charge is -2.34. The second kappa shape index (κ2) is 24.2. The summed E-state index contributed by atoms with van der Waals surface area (Å²) in [7, 11) is 0. The Kier molecular flexibility index (Phi) is 21.1. The minimum absolute atomic E-state index is 0.219. The maximum Gasteiger partial charge on any atom is 0.338 e. The predicted molar refractivity (Wildman–Crippen MR) is 188 cm³/mol. The summed E-state index contributed by atoms with van der Waals surface area (Å²) in [6.45, 7) is 21.3. The largest absolute Gasteiger partial charge is 0.489 e. The first kappa shape index (κ1) is 40.1. The second-order valence-electron chi connectivity index (χ2n) is 13.3. The van der Waals surface area contributed by atoms with Crippen molar-refractivity contribution in [1.82, 2.24) is 9.80 Å². The van der Waals surface area contributed by atoms with Crippen molar-refractivity contribution in [2.45, 2.75) is 112 Å². The third-order valence-electron chi connectivity index (χ3n) is 9.48. The molecular weight excluding hydrogens is 580 g/mol. The van der Waals surface area contributed by atoms with Gasteiger partial charge in [-0.05, 0) is 62.1 Å². The highest BCUT2D eigenvalue weighted by atomic mass is 16.5. The van der Waals surface area contributed by atoms with Crippen molar-refractivity contribution < 1.29 is 28.8 Å². The molecule has 0 aromatic heterocycles. The summed E-state index contributed by atoms with van der Waals surface area (Å²) >= 11 is 0. The normalized spacial score (nSPS) is 16.2. The van der Waals surface area contributed by atoms with E-state index in [0.29, 0.717) is 67.0 Å². The van der Waals surface area contributed by atoms with E-state index in [1.807, 2.05) is 0 Å². The highest BCUT2D eigenvalue weighted by Crippen LogP contribution is 2.40. The van der Waals surface area contributed by atoms with Crippen LogP contribution in [-0.2, 0) is 4.74 Å². The van der Waals surface area contributed by atoms with Crippen LogP contribution in [-0.4, -0.2) is 93.2 Å². The molecule has 266 valence electrons. The van der Waals surface area contributed by atoms with E-state index in [-0.39, 0.29) is 12.6 Å². The Morgan fingerprint density at radius 2 is 1.28 bits per heavy atom. The van der Waals surface area contributed by atoms with Gasteiger partial charge < -0.3 is 29.0 Å². The molecule has 1 aliphatic heterocycles. The van der Waals surface area contributed by atoms with Crippen molar-refractivity contribution in [1.29, 1.82) is 0 Å². The van der Waals surface area contributed by atoms with Crippen LogP contribution >= 0.6 is 0 Å². The number of aliphatic hydroxyl groups is 1. The molecule has 1 saturated heterocycles. The summed E-state index contributed by atoms with van der Waals surface area (Å²) in [6, 6.07) is 3.60. The lowest BCUT2D eigenvalue weighted by molar-refractivity contribution is 0.0489. The van der Waals surface area contributed by atoms with E-state index in [9.17, 15) is 4.79 Å². The fraction of sp³-hybridized carbons (Fsp3) is 0.816. The first-order valence-electron chi connectivity index (χ1n) is 18.7. The predicted octanol–water partition coefficient (Wildman–Crippen LogP) is 7.85. The van der Waals surface area contributed by atoms with Gasteiger partial charge in [0.15, 0.2) is 11.5 Å². The molecule has 8 heteroatoms. The number of aliphatic hydroxyl groups excluding tert-OH is 1. The number of unbranched alkanes of at least 4 members (excludes halogenated alkanes) is 3. The number of ether oxygens (including phenoxy) is 4. The van der Waals surface area contributed by atoms with E-state index in [1.54, 1.807) is 12.1 Å². The van der Waals surface area contributed by atoms with Crippen LogP contribution in [0.5, 0.6) is 17.2 Å². The van der Waals surface area contributed by atoms with Crippen molar-refractivity contribution >= 4 is 5.97 Å². The van der Waals surface area contributed by atoms with E-state index in [1.165, 1.54) is 19.3 Å². The minimum atomic E-state index is -0.352. The van der Waals surface area contributed by atoms with Gasteiger partial charge in [0.1, 0.15) is 0 Å². The zero-order valence-corrected chi connectivity index (χ0v) is 30.3. The van der Waals surface area contributed by atoms with Crippen LogP contribution in [0.3, 0.4) is 0 Å². The van der Waals surface area contributed by atoms with Gasteiger partial charge in [-0.3, -0.25) is 4.90 Å². The van der Waals surface area contributed by atoms with E-state index in [4.69, 9.17) is 24.1 Å². The lowest BCUT2D eigenvalue weighted by Crippen LogP contribution is -2.47. The second-order valence-corrected chi connectivity index (χ2v) is 13.3. The first-order valence-corrected chi connectivity index (χ1v) is 18.7. The van der Waals surface area contributed by atoms with Gasteiger partial charge in [0.25, 0.3) is 0 Å². The van der Waals surface area contributed by atoms with Crippen molar-refractivity contribution in [2.24, 2.45) is 17.8 Å². The molecule has 0 aliphatic carbocycles. The Morgan fingerprint density at radius 3 is 1.80 bits per heavy atom. The number of benzene rings is 1. The molecule has 8 nitrogen and oxygen atoms in total. The van der Waals surface area contributed by atoms with Crippen molar-refractivity contribution in [3.63, 3.8) is 0 Å². The highest BCUT2D eigenvalue weighted by Gasteiger charge is 2.23. The molecule has 46 heavy (non-hydrogen) atoms. The Hall–Kier alpha value is -2.03. The van der Waals surface area contributed by atoms with Gasteiger partial charge in [-0.1, -0.05) is 86.5 Å². The van der Waals surface area contributed by atoms with Gasteiger partial charge in [0.2, 0.25) is 5.75 Å². The molecule has 0 amide bonds. The standard InChI is InChI=1S/C38H68N2O6/c1-7-12-16-32(10-4)29-45-36-27-34(38(42)43-25-15-14-18-39-19-21-40(22-20-39)23-24-41)26-35(44-28-31(6)9-3)37(36)46-30-33(11-5)17-13-8-2/h26-27,31-33,41H,7-25,28-30H2,1-6H3. The molecule has 1 fully saturated rings. The molecule has 3 unspecified atom stereocenters. The molecular formula is C38H68N2O6. The Morgan fingerprint density at radius 1 is 0.739 bits per heavy atom. The molecule has 1 N–H and O–H groups in total. The minimum Gasteiger partial charge on any atom is -0.489 e. The lowest BCUT2D eigenvalue weighted by atomic mass is 10.0. The first-order chi connectivity index (χ1) is 22.4. The number of rotatable bonds is 26. The van der Waals surface area contributed by atoms with Crippen LogP contribution in [0, 0.1) is 17.8 Å². The summed E-state index contributed by atoms with van der Waals surface area (Å²) in [5.41, 5.74) is 0.445. The molecule has 1 heterocycles. The molecule has 0 bridgehead atoms. The third kappa shape index (κ3) is 15.2. The fourth-order valence-electron chi connectivity index (χ4n) is 5.67. The topological polar surface area (TPSA) is 80.7 Å². The zero-order chi connectivity index (χ0) is 33.6. The maximum absolute atomic E-state index is 13.4. The van der Waals surface area contributed by atoms with E-state index in [2.05, 4.69) is 51.3 Å². The monoisotopic (exact) mass is 649 g/mol. The molecule has 1 aromatic rings. The number of β-amino-alcohol motifs (C(OH)–C–C–N with tert-alkyl or cyclic N) is 1. The smallest absolute Gasteiger partial charge is 0.338 e. The molecule has 1 aliphatic rings. The molecule has 0 spiro atoms. The van der Waals surface area contributed by atoms with Crippen LogP contribution in [0.4, 0.5) is 0 Å². The summed E-state index contributed by atoms with van der Waals surface area (Å²) < 4.78 is 25.2. The van der Waals surface area contributed by atoms with Gasteiger partial charge in [-0.15, -0.1) is 0 Å². The van der Waals surface area contributed by atoms with E-state index >= 15 is 0 Å². The molecule has 0 saturated carbocycles. The number of nitrogens with zero attached hydrogens (tertiary/aromatic N) is 2. The number of piperazine rings is 1. The van der Waals surface area contributed by atoms with E-state index < -0.39 is 0 Å². The zero-order valence-electron chi connectivity index (χ0n) is 30.3. The highest BCUT2D eigenvalue weighted by molar-refractivity contribution is 5.91. The van der Waals surface area contributed by atoms with Crippen LogP contribution in [0.1, 0.15) is 123 Å². The SMILES string of the molecule is CCCCC(CC)COc1cc(C(=O)OCCCCN2CCN(CCO)CC2)cc(OCC(C)CC)c1OCC(CC)CCCC. The summed E-state index contributed by atoms with van der Waals surface area (Å²) in [4.78, 5) is 18.1. The average molecular weight is 649 g/mol. The molecule has 3 atom stereocenters. The Bertz CT molecular complexity index is 936. The Labute approximate surface area is 281 Å². The number of hydrogen-bond donors (Lipinski definition) is 1. The average Bonchev–Trinajstić information content (AvgIpc) is 3.08. The van der Waals surface area contributed by atoms with Gasteiger partial charge >= 0.3 is 5.97 Å². The molecule has 0 radical (unpaired) electrons. The van der Waals surface area contributed by atoms with Crippen molar-refractivity contribution in [3.05, 3.63) is 17.7 Å². The summed E-state index contributed by atoms with van der Waals surface area (Å²) in [6.07, 6.45) is 11.8. The van der Waals surface area contributed by atoms with Gasteiger partial charge in [0.05, 0.1) is 38.6 Å². The fourth-order valence-corrected chi connectivity index (χ4v) is 5.67. The molecule has 1 aromatic carbocycles. The summed E-state index contributed by atoms with van der Waals surface area (Å²) in [5.74, 6) is 2.67. The quantitative estimate of drug-likeness (QED) is 0.0804. The van der Waals surface area contributed by atoms with Crippen LogP contribution in [0.15, 0.2) is 12.1 Å². The van der Waals surface area contributed by atoms with Gasteiger partial charge in [-0.25, -0.2) is 4.79 Å². The number of carbonyl (C=O) groups excluding carboxylic acids is 1. The number of esters is 1. The molecule has 2 rings (SSSR count). The van der Waals surface area contributed by atoms with Crippen LogP contribution in [0.25, 0.3) is 0 Å². The van der Waals surface area contributed by atoms with E-state index in [0.717, 1.165) is 90.6 Å². The van der Waals surface area contributed by atoms with Crippen LogP contribution in [0.2, 0.25) is 0 Å². The maximum atomic E-state index is 13.4. The van der Waals surface area contributed by atoms with Gasteiger partial charge in [-0.2, -0.15) is 0 Å². The van der Waals surface area contributed by atoms with Crippen LogP contribution < -0.4 is 14.2 Å². The number of hydrogen-bond acceptors (Lipinski definition) is 8. The van der Waals surface area contributed by atoms with Gasteiger partial charge in [0, 0.05) is 32.7 Å². The third-order valence-corrected chi connectivity index (χ3v) is 9.48. The number of carbonyl (C=O) groups is 1. The Balaban J connectivity index is 2.16.